The number of nitrogens with one attached hydrogen (secondary N) is 1. The topological polar surface area (TPSA) is 83.5 Å². The van der Waals surface area contributed by atoms with E-state index in [4.69, 9.17) is 0 Å². The molecule has 0 aromatic heterocycles. The molecule has 1 aliphatic carbocycles. The summed E-state index contributed by atoms with van der Waals surface area (Å²) >= 11 is 0. The van der Waals surface area contributed by atoms with E-state index in [0.29, 0.717) is 6.54 Å². The summed E-state index contributed by atoms with van der Waals surface area (Å²) in [6, 6.07) is 8.71. The molecule has 1 N–H and O–H groups in total. The van der Waals surface area contributed by atoms with Gasteiger partial charge in [0.2, 0.25) is 10.0 Å². The highest BCUT2D eigenvalue weighted by Gasteiger charge is 2.50. The molecule has 0 bridgehead atoms. The van der Waals surface area contributed by atoms with Gasteiger partial charge in [-0.05, 0) is 88.9 Å². The molecule has 0 unspecified atom stereocenters. The van der Waals surface area contributed by atoms with Crippen molar-refractivity contribution in [2.24, 2.45) is 0 Å². The maximum atomic E-state index is 15.0. The number of rotatable bonds is 8. The second kappa shape index (κ2) is 10.2. The van der Waals surface area contributed by atoms with E-state index < -0.39 is 42.3 Å². The van der Waals surface area contributed by atoms with Gasteiger partial charge in [-0.1, -0.05) is 17.7 Å². The summed E-state index contributed by atoms with van der Waals surface area (Å²) in [5, 5.41) is 0. The quantitative estimate of drug-likeness (QED) is 0.564. The molecule has 35 heavy (non-hydrogen) atoms. The lowest BCUT2D eigenvalue weighted by atomic mass is 9.80. The number of sulfonamides is 1. The lowest BCUT2D eigenvalue weighted by molar-refractivity contribution is 0.322. The zero-order valence-electron chi connectivity index (χ0n) is 19.8. The number of hydrogen-bond donors (Lipinski definition) is 1. The second-order valence-electron chi connectivity index (χ2n) is 9.69. The van der Waals surface area contributed by atoms with E-state index in [1.165, 1.54) is 12.1 Å². The van der Waals surface area contributed by atoms with E-state index in [2.05, 4.69) is 9.62 Å². The van der Waals surface area contributed by atoms with Gasteiger partial charge >= 0.3 is 0 Å². The van der Waals surface area contributed by atoms with Gasteiger partial charge in [-0.2, -0.15) is 0 Å². The van der Waals surface area contributed by atoms with E-state index in [1.54, 1.807) is 12.1 Å². The van der Waals surface area contributed by atoms with Crippen LogP contribution < -0.4 is 4.72 Å². The van der Waals surface area contributed by atoms with E-state index in [0.717, 1.165) is 49.7 Å². The molecule has 192 valence electrons. The molecule has 4 rings (SSSR count). The predicted molar refractivity (Wildman–Crippen MR) is 131 cm³/mol. The van der Waals surface area contributed by atoms with Crippen LogP contribution in [0.25, 0.3) is 0 Å². The fraction of sp³-hybridized carbons (Fsp3) is 0.520. The van der Waals surface area contributed by atoms with Gasteiger partial charge < -0.3 is 4.90 Å². The van der Waals surface area contributed by atoms with Gasteiger partial charge in [-0.3, -0.25) is 0 Å². The SMILES string of the molecule is Cc1ccc(S(=O)(=O)C2(c3cc(F)ccc3F)CCC(NS(=O)(=O)CCN3CCCC3)CC2)cc1. The van der Waals surface area contributed by atoms with Crippen LogP contribution in [-0.2, 0) is 24.6 Å². The Kier molecular flexibility index (Phi) is 7.66. The maximum absolute atomic E-state index is 15.0. The number of halogens is 2. The Bertz CT molecular complexity index is 1250. The van der Waals surface area contributed by atoms with Crippen LogP contribution in [-0.4, -0.2) is 53.2 Å². The molecule has 1 saturated carbocycles. The normalized spacial score (nSPS) is 24.0. The minimum Gasteiger partial charge on any atom is -0.302 e. The third kappa shape index (κ3) is 5.60. The number of nitrogens with zero attached hydrogens (tertiary/aromatic N) is 1. The first-order valence-electron chi connectivity index (χ1n) is 12.0. The van der Waals surface area contributed by atoms with E-state index in [9.17, 15) is 25.6 Å². The standard InChI is InChI=1S/C25H32F2N2O4S2/c1-19-4-7-22(8-5-19)35(32,33)25(23-18-20(26)6-9-24(23)27)12-10-21(11-13-25)28-34(30,31)17-16-29-14-2-3-15-29/h4-9,18,21,28H,2-3,10-17H2,1H3. The fourth-order valence-corrected chi connectivity index (χ4v) is 8.77. The van der Waals surface area contributed by atoms with Gasteiger partial charge in [0.05, 0.1) is 10.6 Å². The minimum atomic E-state index is -4.11. The van der Waals surface area contributed by atoms with E-state index in [-0.39, 0.29) is 41.9 Å². The number of likely N-dealkylation sites (tertiary alicyclic amines) is 1. The van der Waals surface area contributed by atoms with Crippen LogP contribution in [0.2, 0.25) is 0 Å². The smallest absolute Gasteiger partial charge is 0.213 e. The largest absolute Gasteiger partial charge is 0.302 e. The van der Waals surface area contributed by atoms with Crippen molar-refractivity contribution in [1.29, 1.82) is 0 Å². The molecule has 0 atom stereocenters. The third-order valence-electron chi connectivity index (χ3n) is 7.28. The maximum Gasteiger partial charge on any atom is 0.213 e. The molecular weight excluding hydrogens is 494 g/mol. The Labute approximate surface area is 206 Å². The van der Waals surface area contributed by atoms with Gasteiger partial charge in [-0.25, -0.2) is 30.3 Å². The van der Waals surface area contributed by atoms with Crippen molar-refractivity contribution in [3.63, 3.8) is 0 Å². The summed E-state index contributed by atoms with van der Waals surface area (Å²) < 4.78 is 83.3. The third-order valence-corrected chi connectivity index (χ3v) is 11.2. The van der Waals surface area contributed by atoms with Crippen molar-refractivity contribution in [2.75, 3.05) is 25.4 Å². The molecule has 2 aliphatic rings. The van der Waals surface area contributed by atoms with Crippen LogP contribution in [0.4, 0.5) is 8.78 Å². The zero-order chi connectivity index (χ0) is 25.3. The van der Waals surface area contributed by atoms with Crippen molar-refractivity contribution < 1.29 is 25.6 Å². The van der Waals surface area contributed by atoms with Crippen LogP contribution in [0.1, 0.15) is 49.7 Å². The Hall–Kier alpha value is -1.88. The summed E-state index contributed by atoms with van der Waals surface area (Å²) in [7, 11) is -7.66. The second-order valence-corrected chi connectivity index (χ2v) is 13.8. The van der Waals surface area contributed by atoms with Gasteiger partial charge in [0.1, 0.15) is 16.4 Å². The highest BCUT2D eigenvalue weighted by Crippen LogP contribution is 2.48. The fourth-order valence-electron chi connectivity index (χ4n) is 5.24. The molecule has 2 aromatic carbocycles. The molecule has 0 spiro atoms. The average molecular weight is 527 g/mol. The Balaban J connectivity index is 1.58. The summed E-state index contributed by atoms with van der Waals surface area (Å²) in [5.74, 6) is -1.52. The molecule has 0 amide bonds. The summed E-state index contributed by atoms with van der Waals surface area (Å²) in [5.41, 5.74) is 0.676. The molecule has 2 fully saturated rings. The summed E-state index contributed by atoms with van der Waals surface area (Å²) in [4.78, 5) is 2.16. The van der Waals surface area contributed by atoms with Crippen LogP contribution in [0.3, 0.4) is 0 Å². The van der Waals surface area contributed by atoms with Crippen LogP contribution >= 0.6 is 0 Å². The van der Waals surface area contributed by atoms with Gasteiger partial charge in [-0.15, -0.1) is 0 Å². The Morgan fingerprint density at radius 3 is 2.23 bits per heavy atom. The zero-order valence-corrected chi connectivity index (χ0v) is 21.5. The van der Waals surface area contributed by atoms with Gasteiger partial charge in [0, 0.05) is 18.2 Å². The van der Waals surface area contributed by atoms with Crippen molar-refractivity contribution in [3.05, 3.63) is 65.2 Å². The van der Waals surface area contributed by atoms with Crippen molar-refractivity contribution >= 4 is 19.9 Å². The van der Waals surface area contributed by atoms with E-state index in [1.807, 2.05) is 6.92 Å². The van der Waals surface area contributed by atoms with Gasteiger partial charge in [0.15, 0.2) is 9.84 Å². The molecule has 6 nitrogen and oxygen atoms in total. The molecule has 1 heterocycles. The lowest BCUT2D eigenvalue weighted by Crippen LogP contribution is -2.47. The molecule has 1 aliphatic heterocycles. The molecule has 10 heteroatoms. The number of benzene rings is 2. The molecule has 1 saturated heterocycles. The molecular formula is C25H32F2N2O4S2. The van der Waals surface area contributed by atoms with E-state index >= 15 is 0 Å². The van der Waals surface area contributed by atoms with Crippen LogP contribution in [0.15, 0.2) is 47.4 Å². The van der Waals surface area contributed by atoms with Crippen LogP contribution in [0, 0.1) is 18.6 Å². The molecule has 2 aromatic rings. The Morgan fingerprint density at radius 1 is 0.971 bits per heavy atom. The van der Waals surface area contributed by atoms with Crippen molar-refractivity contribution in [3.8, 4) is 0 Å². The van der Waals surface area contributed by atoms with Crippen molar-refractivity contribution in [1.82, 2.24) is 9.62 Å². The minimum absolute atomic E-state index is 0.0190. The number of hydrogen-bond acceptors (Lipinski definition) is 5. The number of aryl methyl sites for hydroxylation is 1. The first-order chi connectivity index (χ1) is 16.5. The average Bonchev–Trinajstić information content (AvgIpc) is 3.34. The highest BCUT2D eigenvalue weighted by molar-refractivity contribution is 7.92. The summed E-state index contributed by atoms with van der Waals surface area (Å²) in [6.45, 7) is 4.09. The predicted octanol–water partition coefficient (Wildman–Crippen LogP) is 3.90. The van der Waals surface area contributed by atoms with Crippen molar-refractivity contribution in [2.45, 2.75) is 61.1 Å². The van der Waals surface area contributed by atoms with Crippen LogP contribution in [0.5, 0.6) is 0 Å². The highest BCUT2D eigenvalue weighted by atomic mass is 32.2. The first-order valence-corrected chi connectivity index (χ1v) is 15.2. The summed E-state index contributed by atoms with van der Waals surface area (Å²) in [6.07, 6.45) is 2.49. The molecule has 0 radical (unpaired) electrons. The first kappa shape index (κ1) is 26.2. The Morgan fingerprint density at radius 2 is 1.60 bits per heavy atom. The number of sulfone groups is 1. The van der Waals surface area contributed by atoms with Gasteiger partial charge in [0.25, 0.3) is 0 Å². The monoisotopic (exact) mass is 526 g/mol. The lowest BCUT2D eigenvalue weighted by Gasteiger charge is -2.40.